The van der Waals surface area contributed by atoms with Crippen molar-refractivity contribution >= 4 is 35.1 Å². The summed E-state index contributed by atoms with van der Waals surface area (Å²) in [4.78, 5) is 22.5. The lowest BCUT2D eigenvalue weighted by Gasteiger charge is -2.19. The molecule has 0 aliphatic heterocycles. The van der Waals surface area contributed by atoms with Gasteiger partial charge in [0.15, 0.2) is 0 Å². The fraction of sp³-hybridized carbons (Fsp3) is 0.276. The Balaban J connectivity index is 2.11. The molecule has 1 amide bonds. The minimum Gasteiger partial charge on any atom is -0.383 e. The Kier molecular flexibility index (Phi) is 10.1. The highest BCUT2D eigenvalue weighted by atomic mass is 16.5. The van der Waals surface area contributed by atoms with Crippen molar-refractivity contribution < 1.29 is 14.3 Å². The maximum Gasteiger partial charge on any atom is 0.257 e. The van der Waals surface area contributed by atoms with Crippen molar-refractivity contribution in [1.29, 1.82) is 10.5 Å². The molecule has 0 aliphatic carbocycles. The molecule has 2 aromatic carbocycles. The molecule has 0 spiro atoms. The van der Waals surface area contributed by atoms with Crippen molar-refractivity contribution in [3.63, 3.8) is 0 Å². The molecule has 10 nitrogen and oxygen atoms in total. The number of aromatic nitrogens is 2. The molecule has 0 saturated heterocycles. The lowest BCUT2D eigenvalue weighted by atomic mass is 10.0. The van der Waals surface area contributed by atoms with Crippen molar-refractivity contribution in [2.75, 3.05) is 38.0 Å². The van der Waals surface area contributed by atoms with Gasteiger partial charge in [-0.15, -0.1) is 0 Å². The first kappa shape index (κ1) is 28.8. The second kappa shape index (κ2) is 13.7. The number of nitriles is 2. The van der Waals surface area contributed by atoms with Crippen LogP contribution in [0.25, 0.3) is 6.08 Å². The first-order valence-corrected chi connectivity index (χ1v) is 12.2. The van der Waals surface area contributed by atoms with E-state index < -0.39 is 0 Å². The number of amides is 1. The van der Waals surface area contributed by atoms with Crippen molar-refractivity contribution in [2.24, 2.45) is 0 Å². The van der Waals surface area contributed by atoms with Crippen LogP contribution >= 0.6 is 0 Å². The number of carbonyl (C=O) groups is 1. The Hall–Kier alpha value is -4.77. The van der Waals surface area contributed by atoms with E-state index in [0.29, 0.717) is 41.5 Å². The summed E-state index contributed by atoms with van der Waals surface area (Å²) in [5, 5.41) is 27.6. The predicted molar refractivity (Wildman–Crippen MR) is 150 cm³/mol. The topological polar surface area (TPSA) is 145 Å². The Morgan fingerprint density at radius 3 is 2.31 bits per heavy atom. The van der Waals surface area contributed by atoms with Crippen LogP contribution in [0.1, 0.15) is 45.2 Å². The van der Waals surface area contributed by atoms with Gasteiger partial charge in [-0.25, -0.2) is 4.98 Å². The zero-order valence-corrected chi connectivity index (χ0v) is 22.7. The van der Waals surface area contributed by atoms with Gasteiger partial charge in [-0.3, -0.25) is 4.79 Å². The van der Waals surface area contributed by atoms with E-state index in [1.165, 1.54) is 7.11 Å². The molecular weight excluding hydrogens is 494 g/mol. The van der Waals surface area contributed by atoms with E-state index in [1.807, 2.05) is 32.1 Å². The smallest absolute Gasteiger partial charge is 0.257 e. The fourth-order valence-electron chi connectivity index (χ4n) is 3.92. The summed E-state index contributed by atoms with van der Waals surface area (Å²) >= 11 is 0. The Morgan fingerprint density at radius 1 is 1.03 bits per heavy atom. The SMILES string of the molecule is COCCNC(=O)c1c(COC)nc(Nc2ccc(C#N)cc2)nc1Nc1c(C)cc(/C=C(\C)C#N)cc1C. The summed E-state index contributed by atoms with van der Waals surface area (Å²) in [5.41, 5.74) is 5.94. The average Bonchev–Trinajstić information content (AvgIpc) is 2.91. The molecule has 10 heteroatoms. The van der Waals surface area contributed by atoms with E-state index in [1.54, 1.807) is 38.3 Å². The number of benzene rings is 2. The van der Waals surface area contributed by atoms with E-state index in [0.717, 1.165) is 22.4 Å². The second-order valence-electron chi connectivity index (χ2n) is 8.81. The van der Waals surface area contributed by atoms with Crippen LogP contribution in [-0.4, -0.2) is 43.2 Å². The van der Waals surface area contributed by atoms with Crippen LogP contribution < -0.4 is 16.0 Å². The highest BCUT2D eigenvalue weighted by Crippen LogP contribution is 2.30. The number of rotatable bonds is 11. The molecule has 1 aromatic heterocycles. The first-order valence-electron chi connectivity index (χ1n) is 12.2. The predicted octanol–water partition coefficient (Wildman–Crippen LogP) is 4.90. The molecular formula is C29H31N7O3. The molecule has 3 aromatic rings. The normalized spacial score (nSPS) is 10.9. The number of hydrogen-bond donors (Lipinski definition) is 3. The third-order valence-corrected chi connectivity index (χ3v) is 5.71. The third kappa shape index (κ3) is 7.62. The van der Waals surface area contributed by atoms with Gasteiger partial charge in [-0.1, -0.05) is 0 Å². The van der Waals surface area contributed by atoms with Crippen LogP contribution in [0.5, 0.6) is 0 Å². The maximum atomic E-state index is 13.3. The maximum absolute atomic E-state index is 13.3. The molecule has 1 heterocycles. The minimum absolute atomic E-state index is 0.0708. The van der Waals surface area contributed by atoms with Crippen LogP contribution in [0.2, 0.25) is 0 Å². The highest BCUT2D eigenvalue weighted by molar-refractivity contribution is 6.01. The van der Waals surface area contributed by atoms with E-state index in [9.17, 15) is 4.79 Å². The molecule has 200 valence electrons. The second-order valence-corrected chi connectivity index (χ2v) is 8.81. The number of methoxy groups -OCH3 is 2. The molecule has 0 radical (unpaired) electrons. The quantitative estimate of drug-likeness (QED) is 0.235. The molecule has 3 rings (SSSR count). The number of carbonyl (C=O) groups excluding carboxylic acids is 1. The van der Waals surface area contributed by atoms with Gasteiger partial charge in [0.2, 0.25) is 5.95 Å². The lowest BCUT2D eigenvalue weighted by molar-refractivity contribution is 0.0932. The Labute approximate surface area is 228 Å². The van der Waals surface area contributed by atoms with Crippen LogP contribution in [0.15, 0.2) is 42.0 Å². The molecule has 3 N–H and O–H groups in total. The number of allylic oxidation sites excluding steroid dienone is 1. The summed E-state index contributed by atoms with van der Waals surface area (Å²) in [7, 11) is 3.09. The van der Waals surface area contributed by atoms with E-state index in [-0.39, 0.29) is 24.0 Å². The van der Waals surface area contributed by atoms with Gasteiger partial charge in [0.1, 0.15) is 11.4 Å². The number of ether oxygens (including phenoxy) is 2. The van der Waals surface area contributed by atoms with Gasteiger partial charge < -0.3 is 25.4 Å². The summed E-state index contributed by atoms with van der Waals surface area (Å²) < 4.78 is 10.4. The average molecular weight is 526 g/mol. The fourth-order valence-corrected chi connectivity index (χ4v) is 3.92. The summed E-state index contributed by atoms with van der Waals surface area (Å²) in [6.07, 6.45) is 1.82. The third-order valence-electron chi connectivity index (χ3n) is 5.71. The van der Waals surface area contributed by atoms with Gasteiger partial charge in [0.05, 0.1) is 36.6 Å². The Morgan fingerprint density at radius 2 is 1.72 bits per heavy atom. The van der Waals surface area contributed by atoms with Crippen molar-refractivity contribution in [3.8, 4) is 12.1 Å². The first-order chi connectivity index (χ1) is 18.8. The lowest BCUT2D eigenvalue weighted by Crippen LogP contribution is -2.29. The molecule has 39 heavy (non-hydrogen) atoms. The van der Waals surface area contributed by atoms with E-state index >= 15 is 0 Å². The number of aryl methyl sites for hydroxylation is 2. The highest BCUT2D eigenvalue weighted by Gasteiger charge is 2.22. The van der Waals surface area contributed by atoms with Gasteiger partial charge in [-0.2, -0.15) is 15.5 Å². The van der Waals surface area contributed by atoms with Gasteiger partial charge in [0, 0.05) is 37.7 Å². The monoisotopic (exact) mass is 525 g/mol. The Bertz CT molecular complexity index is 1430. The van der Waals surface area contributed by atoms with E-state index in [2.05, 4.69) is 38.1 Å². The molecule has 0 fully saturated rings. The molecule has 0 unspecified atom stereocenters. The van der Waals surface area contributed by atoms with Crippen molar-refractivity contribution in [2.45, 2.75) is 27.4 Å². The zero-order valence-electron chi connectivity index (χ0n) is 22.7. The van der Waals surface area contributed by atoms with Crippen molar-refractivity contribution in [3.05, 3.63) is 75.5 Å². The zero-order chi connectivity index (χ0) is 28.4. The number of nitrogens with one attached hydrogen (secondary N) is 3. The largest absolute Gasteiger partial charge is 0.383 e. The van der Waals surface area contributed by atoms with Gasteiger partial charge in [-0.05, 0) is 79.9 Å². The van der Waals surface area contributed by atoms with Crippen molar-refractivity contribution in [1.82, 2.24) is 15.3 Å². The van der Waals surface area contributed by atoms with Gasteiger partial charge in [0.25, 0.3) is 5.91 Å². The standard InChI is InChI=1S/C29H31N7O3/c1-18(15-30)12-22-13-19(2)26(20(3)14-22)35-27-25(28(37)32-10-11-38-4)24(17-39-5)34-29(36-27)33-23-8-6-21(16-31)7-9-23/h6-9,12-14H,10-11,17H2,1-5H3,(H,32,37)(H2,33,34,35,36)/b18-12+. The summed E-state index contributed by atoms with van der Waals surface area (Å²) in [5.74, 6) is 0.180. The summed E-state index contributed by atoms with van der Waals surface area (Å²) in [6, 6.07) is 15.0. The van der Waals surface area contributed by atoms with Gasteiger partial charge >= 0.3 is 0 Å². The summed E-state index contributed by atoms with van der Waals surface area (Å²) in [6.45, 7) is 6.37. The van der Waals surface area contributed by atoms with Crippen LogP contribution in [0.3, 0.4) is 0 Å². The van der Waals surface area contributed by atoms with Crippen LogP contribution in [-0.2, 0) is 16.1 Å². The molecule has 0 bridgehead atoms. The molecule has 0 atom stereocenters. The number of nitrogens with zero attached hydrogens (tertiary/aromatic N) is 4. The van der Waals surface area contributed by atoms with Crippen LogP contribution in [0.4, 0.5) is 23.1 Å². The van der Waals surface area contributed by atoms with E-state index in [4.69, 9.17) is 20.0 Å². The van der Waals surface area contributed by atoms with Crippen LogP contribution in [0, 0.1) is 36.5 Å². The number of anilines is 4. The molecule has 0 aliphatic rings. The number of hydrogen-bond acceptors (Lipinski definition) is 9. The molecule has 0 saturated carbocycles. The minimum atomic E-state index is -0.369.